The number of aromatic nitrogens is 1. The third kappa shape index (κ3) is 2.36. The molecule has 3 nitrogen and oxygen atoms in total. The van der Waals surface area contributed by atoms with Crippen LogP contribution in [0.3, 0.4) is 0 Å². The van der Waals surface area contributed by atoms with Crippen molar-refractivity contribution in [2.45, 2.75) is 6.42 Å². The summed E-state index contributed by atoms with van der Waals surface area (Å²) in [5.41, 5.74) is 1.23. The SMILES string of the molecule is Cn1cc(Cc2cc(Br)cs2)c(C(=O)O)c1. The summed E-state index contributed by atoms with van der Waals surface area (Å²) < 4.78 is 2.82. The highest BCUT2D eigenvalue weighted by Gasteiger charge is 2.13. The van der Waals surface area contributed by atoms with E-state index in [1.165, 1.54) is 0 Å². The Balaban J connectivity index is 2.30. The number of carbonyl (C=O) groups is 1. The van der Waals surface area contributed by atoms with Crippen molar-refractivity contribution < 1.29 is 9.90 Å². The molecule has 2 rings (SSSR count). The molecule has 2 heterocycles. The molecule has 0 fully saturated rings. The molecule has 0 aliphatic carbocycles. The number of aryl methyl sites for hydroxylation is 1. The largest absolute Gasteiger partial charge is 0.478 e. The first-order valence-electron chi connectivity index (χ1n) is 4.67. The van der Waals surface area contributed by atoms with Crippen LogP contribution in [0.4, 0.5) is 0 Å². The molecule has 2 aromatic heterocycles. The lowest BCUT2D eigenvalue weighted by atomic mass is 10.1. The lowest BCUT2D eigenvalue weighted by Crippen LogP contribution is -1.98. The zero-order chi connectivity index (χ0) is 11.7. The monoisotopic (exact) mass is 299 g/mol. The molecule has 0 aliphatic heterocycles. The Hall–Kier alpha value is -1.07. The van der Waals surface area contributed by atoms with E-state index in [1.54, 1.807) is 22.1 Å². The maximum atomic E-state index is 11.0. The Labute approximate surface area is 105 Å². The molecule has 5 heteroatoms. The van der Waals surface area contributed by atoms with Gasteiger partial charge in [0.15, 0.2) is 0 Å². The second-order valence-corrected chi connectivity index (χ2v) is 5.49. The van der Waals surface area contributed by atoms with Crippen molar-refractivity contribution >= 4 is 33.2 Å². The number of aromatic carboxylic acids is 1. The fraction of sp³-hybridized carbons (Fsp3) is 0.182. The number of carboxylic acid groups (broad SMARTS) is 1. The minimum Gasteiger partial charge on any atom is -0.478 e. The van der Waals surface area contributed by atoms with Crippen molar-refractivity contribution in [3.8, 4) is 0 Å². The van der Waals surface area contributed by atoms with Gasteiger partial charge in [0.2, 0.25) is 0 Å². The average molecular weight is 300 g/mol. The normalized spacial score (nSPS) is 10.6. The fourth-order valence-electron chi connectivity index (χ4n) is 1.61. The predicted molar refractivity (Wildman–Crippen MR) is 67.2 cm³/mol. The Bertz CT molecular complexity index is 530. The van der Waals surface area contributed by atoms with Gasteiger partial charge in [0.25, 0.3) is 0 Å². The summed E-state index contributed by atoms with van der Waals surface area (Å²) in [5, 5.41) is 11.0. The van der Waals surface area contributed by atoms with Gasteiger partial charge in [-0.15, -0.1) is 11.3 Å². The standard InChI is InChI=1S/C11H10BrNO2S/c1-13-4-7(10(5-13)11(14)15)2-9-3-8(12)6-16-9/h3-6H,2H2,1H3,(H,14,15). The molecule has 0 atom stereocenters. The molecule has 0 unspecified atom stereocenters. The Kier molecular flexibility index (Phi) is 3.16. The van der Waals surface area contributed by atoms with Crippen LogP contribution in [0.25, 0.3) is 0 Å². The summed E-state index contributed by atoms with van der Waals surface area (Å²) in [4.78, 5) is 12.2. The Morgan fingerprint density at radius 2 is 2.31 bits per heavy atom. The van der Waals surface area contributed by atoms with Crippen LogP contribution in [-0.4, -0.2) is 15.6 Å². The first kappa shape index (κ1) is 11.4. The van der Waals surface area contributed by atoms with Crippen LogP contribution in [0.1, 0.15) is 20.8 Å². The number of halogens is 1. The van der Waals surface area contributed by atoms with E-state index >= 15 is 0 Å². The van der Waals surface area contributed by atoms with Gasteiger partial charge in [-0.1, -0.05) is 0 Å². The summed E-state index contributed by atoms with van der Waals surface area (Å²) in [6.45, 7) is 0. The Morgan fingerprint density at radius 1 is 1.56 bits per heavy atom. The van der Waals surface area contributed by atoms with Crippen molar-refractivity contribution in [1.82, 2.24) is 4.57 Å². The molecule has 0 radical (unpaired) electrons. The van der Waals surface area contributed by atoms with Crippen LogP contribution in [-0.2, 0) is 13.5 Å². The molecule has 0 aliphatic rings. The van der Waals surface area contributed by atoms with Gasteiger partial charge >= 0.3 is 5.97 Å². The first-order valence-corrected chi connectivity index (χ1v) is 6.34. The fourth-order valence-corrected chi connectivity index (χ4v) is 3.08. The van der Waals surface area contributed by atoms with Crippen LogP contribution < -0.4 is 0 Å². The average Bonchev–Trinajstić information content (AvgIpc) is 2.74. The number of hydrogen-bond acceptors (Lipinski definition) is 2. The lowest BCUT2D eigenvalue weighted by molar-refractivity contribution is 0.0696. The van der Waals surface area contributed by atoms with Gasteiger partial charge in [0.1, 0.15) is 0 Å². The third-order valence-corrected chi connectivity index (χ3v) is 3.95. The topological polar surface area (TPSA) is 42.2 Å². The quantitative estimate of drug-likeness (QED) is 0.946. The van der Waals surface area contributed by atoms with E-state index in [9.17, 15) is 4.79 Å². The maximum absolute atomic E-state index is 11.0. The number of nitrogens with zero attached hydrogens (tertiary/aromatic N) is 1. The van der Waals surface area contributed by atoms with E-state index in [4.69, 9.17) is 5.11 Å². The van der Waals surface area contributed by atoms with Crippen molar-refractivity contribution in [2.24, 2.45) is 7.05 Å². The lowest BCUT2D eigenvalue weighted by Gasteiger charge is -1.96. The van der Waals surface area contributed by atoms with Gasteiger partial charge in [-0.2, -0.15) is 0 Å². The summed E-state index contributed by atoms with van der Waals surface area (Å²) in [5.74, 6) is -0.869. The van der Waals surface area contributed by atoms with Crippen LogP contribution >= 0.6 is 27.3 Å². The molecule has 1 N–H and O–H groups in total. The van der Waals surface area contributed by atoms with Crippen molar-refractivity contribution in [3.05, 3.63) is 44.3 Å². The maximum Gasteiger partial charge on any atom is 0.337 e. The van der Waals surface area contributed by atoms with Crippen LogP contribution in [0.15, 0.2) is 28.3 Å². The highest BCUT2D eigenvalue weighted by atomic mass is 79.9. The molecule has 0 aromatic carbocycles. The molecule has 0 bridgehead atoms. The smallest absolute Gasteiger partial charge is 0.337 e. The highest BCUT2D eigenvalue weighted by Crippen LogP contribution is 2.24. The van der Waals surface area contributed by atoms with Crippen LogP contribution in [0.2, 0.25) is 0 Å². The third-order valence-electron chi connectivity index (χ3n) is 2.26. The van der Waals surface area contributed by atoms with E-state index in [-0.39, 0.29) is 0 Å². The van der Waals surface area contributed by atoms with Crippen molar-refractivity contribution in [1.29, 1.82) is 0 Å². The summed E-state index contributed by atoms with van der Waals surface area (Å²) in [6.07, 6.45) is 4.16. The highest BCUT2D eigenvalue weighted by molar-refractivity contribution is 9.10. The summed E-state index contributed by atoms with van der Waals surface area (Å²) in [7, 11) is 1.83. The van der Waals surface area contributed by atoms with Gasteiger partial charge in [-0.25, -0.2) is 4.79 Å². The van der Waals surface area contributed by atoms with E-state index in [0.717, 1.165) is 14.9 Å². The predicted octanol–water partition coefficient (Wildman–Crippen LogP) is 3.14. The second-order valence-electron chi connectivity index (χ2n) is 3.58. The van der Waals surface area contributed by atoms with Crippen molar-refractivity contribution in [3.63, 3.8) is 0 Å². The van der Waals surface area contributed by atoms with Crippen molar-refractivity contribution in [2.75, 3.05) is 0 Å². The number of carboxylic acids is 1. The van der Waals surface area contributed by atoms with Gasteiger partial charge in [0, 0.05) is 40.6 Å². The van der Waals surface area contributed by atoms with Gasteiger partial charge in [-0.05, 0) is 27.6 Å². The number of hydrogen-bond donors (Lipinski definition) is 1. The molecule has 2 aromatic rings. The molecular weight excluding hydrogens is 290 g/mol. The minimum atomic E-state index is -0.869. The van der Waals surface area contributed by atoms with Crippen LogP contribution in [0, 0.1) is 0 Å². The van der Waals surface area contributed by atoms with Gasteiger partial charge < -0.3 is 9.67 Å². The molecular formula is C11H10BrNO2S. The van der Waals surface area contributed by atoms with Gasteiger partial charge in [-0.3, -0.25) is 0 Å². The number of rotatable bonds is 3. The molecule has 0 amide bonds. The number of thiophene rings is 1. The summed E-state index contributed by atoms with van der Waals surface area (Å²) >= 11 is 5.01. The van der Waals surface area contributed by atoms with E-state index in [1.807, 2.05) is 24.7 Å². The van der Waals surface area contributed by atoms with Crippen LogP contribution in [0.5, 0.6) is 0 Å². The van der Waals surface area contributed by atoms with Gasteiger partial charge in [0.05, 0.1) is 5.56 Å². The second kappa shape index (κ2) is 4.43. The molecule has 16 heavy (non-hydrogen) atoms. The summed E-state index contributed by atoms with van der Waals surface area (Å²) in [6, 6.07) is 2.02. The molecule has 0 saturated carbocycles. The van der Waals surface area contributed by atoms with E-state index < -0.39 is 5.97 Å². The Morgan fingerprint density at radius 3 is 2.88 bits per heavy atom. The zero-order valence-corrected chi connectivity index (χ0v) is 11.0. The van der Waals surface area contributed by atoms with E-state index in [2.05, 4.69) is 15.9 Å². The first-order chi connectivity index (χ1) is 7.56. The molecule has 84 valence electrons. The minimum absolute atomic E-state index is 0.382. The zero-order valence-electron chi connectivity index (χ0n) is 8.61. The molecule has 0 saturated heterocycles. The van der Waals surface area contributed by atoms with E-state index in [0.29, 0.717) is 12.0 Å². The molecule has 0 spiro atoms.